The van der Waals surface area contributed by atoms with E-state index >= 15 is 0 Å². The smallest absolute Gasteiger partial charge is 0.308 e. The van der Waals surface area contributed by atoms with Crippen LogP contribution in [0.1, 0.15) is 23.2 Å². The third-order valence-corrected chi connectivity index (χ3v) is 4.88. The largest absolute Gasteiger partial charge is 0.481 e. The Labute approximate surface area is 156 Å². The number of carbonyl (C=O) groups is 2. The van der Waals surface area contributed by atoms with Gasteiger partial charge in [0.1, 0.15) is 5.56 Å². The molecule has 0 unspecified atom stereocenters. The minimum absolute atomic E-state index is 0.188. The van der Waals surface area contributed by atoms with Crippen LogP contribution in [0.4, 0.5) is 0 Å². The van der Waals surface area contributed by atoms with Gasteiger partial charge in [-0.2, -0.15) is 5.10 Å². The van der Waals surface area contributed by atoms with Crippen LogP contribution in [0.2, 0.25) is 0 Å². The van der Waals surface area contributed by atoms with Crippen molar-refractivity contribution in [3.05, 3.63) is 66.6 Å². The summed E-state index contributed by atoms with van der Waals surface area (Å²) in [5, 5.41) is 13.8. The van der Waals surface area contributed by atoms with Crippen LogP contribution in [0.5, 0.6) is 0 Å². The zero-order valence-electron chi connectivity index (χ0n) is 14.7. The van der Waals surface area contributed by atoms with E-state index in [1.165, 1.54) is 0 Å². The third kappa shape index (κ3) is 3.23. The number of para-hydroxylation sites is 1. The van der Waals surface area contributed by atoms with Crippen molar-refractivity contribution in [2.45, 2.75) is 12.8 Å². The van der Waals surface area contributed by atoms with Gasteiger partial charge in [0.2, 0.25) is 0 Å². The molecule has 0 radical (unpaired) electrons. The minimum Gasteiger partial charge on any atom is -0.481 e. The number of aliphatic carboxylic acids is 1. The van der Waals surface area contributed by atoms with Gasteiger partial charge in [0.05, 0.1) is 17.8 Å². The molecule has 0 aliphatic carbocycles. The van der Waals surface area contributed by atoms with Crippen LogP contribution >= 0.6 is 0 Å². The van der Waals surface area contributed by atoms with E-state index in [1.54, 1.807) is 15.8 Å². The van der Waals surface area contributed by atoms with Crippen LogP contribution in [0.25, 0.3) is 11.5 Å². The average molecular weight is 364 g/mol. The minimum atomic E-state index is -0.849. The Morgan fingerprint density at radius 1 is 1.07 bits per heavy atom. The number of hydrogen-bond donors (Lipinski definition) is 1. The Bertz CT molecular complexity index is 947. The van der Waals surface area contributed by atoms with E-state index in [-0.39, 0.29) is 12.5 Å². The maximum atomic E-state index is 13.2. The molecule has 27 heavy (non-hydrogen) atoms. The number of carboxylic acids is 1. The molecule has 3 aromatic rings. The quantitative estimate of drug-likeness (QED) is 0.772. The fraction of sp³-hybridized carbons (Fsp3) is 0.250. The molecule has 1 fully saturated rings. The first kappa shape index (κ1) is 17.1. The summed E-state index contributed by atoms with van der Waals surface area (Å²) in [6.45, 7) is 0.792. The van der Waals surface area contributed by atoms with Crippen LogP contribution in [0, 0.1) is 5.92 Å². The number of aromatic nitrogens is 3. The number of benzene rings is 1. The summed E-state index contributed by atoms with van der Waals surface area (Å²) in [4.78, 5) is 26.2. The van der Waals surface area contributed by atoms with E-state index in [9.17, 15) is 14.7 Å². The molecule has 1 saturated heterocycles. The summed E-state index contributed by atoms with van der Waals surface area (Å²) in [7, 11) is 0. The van der Waals surface area contributed by atoms with Crippen molar-refractivity contribution < 1.29 is 14.7 Å². The molecule has 0 saturated carbocycles. The maximum absolute atomic E-state index is 13.2. The van der Waals surface area contributed by atoms with Gasteiger partial charge >= 0.3 is 5.97 Å². The predicted molar refractivity (Wildman–Crippen MR) is 99.2 cm³/mol. The molecule has 138 valence electrons. The maximum Gasteiger partial charge on any atom is 0.308 e. The number of hydrogen-bond acceptors (Lipinski definition) is 3. The molecule has 1 amide bonds. The number of nitrogens with zero attached hydrogens (tertiary/aromatic N) is 4. The van der Waals surface area contributed by atoms with Crippen LogP contribution in [-0.2, 0) is 4.79 Å². The highest BCUT2D eigenvalue weighted by atomic mass is 16.4. The van der Waals surface area contributed by atoms with Crippen LogP contribution < -0.4 is 0 Å². The molecule has 1 aromatic carbocycles. The van der Waals surface area contributed by atoms with E-state index in [2.05, 4.69) is 5.10 Å². The highest BCUT2D eigenvalue weighted by molar-refractivity contribution is 5.97. The Hall–Kier alpha value is -3.35. The molecule has 1 N–H and O–H groups in total. The lowest BCUT2D eigenvalue weighted by molar-refractivity contribution is -0.143. The van der Waals surface area contributed by atoms with Crippen molar-refractivity contribution in [1.82, 2.24) is 19.2 Å². The van der Waals surface area contributed by atoms with Gasteiger partial charge in [-0.25, -0.2) is 4.68 Å². The van der Waals surface area contributed by atoms with Crippen molar-refractivity contribution in [1.29, 1.82) is 0 Å². The Morgan fingerprint density at radius 3 is 2.52 bits per heavy atom. The number of carbonyl (C=O) groups excluding carboxylic acids is 1. The summed E-state index contributed by atoms with van der Waals surface area (Å²) in [5.74, 6) is -0.902. The van der Waals surface area contributed by atoms with Gasteiger partial charge in [0, 0.05) is 25.5 Å². The lowest BCUT2D eigenvalue weighted by atomic mass is 9.98. The fourth-order valence-electron chi connectivity index (χ4n) is 3.51. The average Bonchev–Trinajstić information content (AvgIpc) is 3.37. The van der Waals surface area contributed by atoms with Crippen LogP contribution in [-0.4, -0.2) is 49.3 Å². The second kappa shape index (κ2) is 7.11. The molecule has 0 spiro atoms. The highest BCUT2D eigenvalue weighted by Gasteiger charge is 2.31. The standard InChI is InChI=1S/C20H20N4O3/c25-19(23-12-6-7-15(14-23)20(26)27)17-13-21-24(16-8-2-1-3-9-16)18(17)22-10-4-5-11-22/h1-5,8-11,13,15H,6-7,12,14H2,(H,26,27)/t15-/m0/s1. The predicted octanol–water partition coefficient (Wildman–Crippen LogP) is 2.60. The molecule has 3 heterocycles. The van der Waals surface area contributed by atoms with Crippen LogP contribution in [0.3, 0.4) is 0 Å². The van der Waals surface area contributed by atoms with E-state index in [0.717, 1.165) is 5.69 Å². The Morgan fingerprint density at radius 2 is 1.81 bits per heavy atom. The second-order valence-corrected chi connectivity index (χ2v) is 6.65. The second-order valence-electron chi connectivity index (χ2n) is 6.65. The van der Waals surface area contributed by atoms with Gasteiger partial charge in [0.25, 0.3) is 5.91 Å². The molecular weight excluding hydrogens is 344 g/mol. The lowest BCUT2D eigenvalue weighted by Crippen LogP contribution is -2.42. The van der Waals surface area contributed by atoms with E-state index < -0.39 is 11.9 Å². The highest BCUT2D eigenvalue weighted by Crippen LogP contribution is 2.24. The molecule has 7 nitrogen and oxygen atoms in total. The zero-order valence-corrected chi connectivity index (χ0v) is 14.7. The first-order valence-electron chi connectivity index (χ1n) is 8.94. The summed E-state index contributed by atoms with van der Waals surface area (Å²) in [6, 6.07) is 13.4. The number of rotatable bonds is 4. The molecule has 1 atom stereocenters. The van der Waals surface area contributed by atoms with Gasteiger partial charge < -0.3 is 14.6 Å². The molecule has 7 heteroatoms. The summed E-state index contributed by atoms with van der Waals surface area (Å²) >= 11 is 0. The van der Waals surface area contributed by atoms with Crippen molar-refractivity contribution in [3.8, 4) is 11.5 Å². The van der Waals surface area contributed by atoms with Crippen LogP contribution in [0.15, 0.2) is 61.1 Å². The van der Waals surface area contributed by atoms with Crippen molar-refractivity contribution >= 4 is 11.9 Å². The zero-order chi connectivity index (χ0) is 18.8. The number of amides is 1. The molecule has 4 rings (SSSR count). The first-order valence-corrected chi connectivity index (χ1v) is 8.94. The van der Waals surface area contributed by atoms with Gasteiger partial charge in [-0.15, -0.1) is 0 Å². The summed E-state index contributed by atoms with van der Waals surface area (Å²) < 4.78 is 3.58. The topological polar surface area (TPSA) is 80.4 Å². The molecule has 1 aliphatic heterocycles. The molecular formula is C20H20N4O3. The van der Waals surface area contributed by atoms with Gasteiger partial charge in [-0.1, -0.05) is 18.2 Å². The number of carboxylic acid groups (broad SMARTS) is 1. The van der Waals surface area contributed by atoms with Gasteiger partial charge in [-0.3, -0.25) is 9.59 Å². The first-order chi connectivity index (χ1) is 13.1. The lowest BCUT2D eigenvalue weighted by Gasteiger charge is -2.30. The SMILES string of the molecule is O=C(O)[C@H]1CCCN(C(=O)c2cnn(-c3ccccc3)c2-n2cccc2)C1. The Balaban J connectivity index is 1.74. The monoisotopic (exact) mass is 364 g/mol. The van der Waals surface area contributed by atoms with E-state index in [4.69, 9.17) is 0 Å². The van der Waals surface area contributed by atoms with E-state index in [1.807, 2.05) is 59.4 Å². The molecule has 1 aliphatic rings. The molecule has 0 bridgehead atoms. The summed E-state index contributed by atoms with van der Waals surface area (Å²) in [6.07, 6.45) is 6.59. The Kier molecular flexibility index (Phi) is 4.50. The van der Waals surface area contributed by atoms with Crippen molar-refractivity contribution in [2.24, 2.45) is 5.92 Å². The number of likely N-dealkylation sites (tertiary alicyclic amines) is 1. The third-order valence-electron chi connectivity index (χ3n) is 4.88. The normalized spacial score (nSPS) is 17.0. The van der Waals surface area contributed by atoms with Crippen molar-refractivity contribution in [2.75, 3.05) is 13.1 Å². The number of piperidine rings is 1. The summed E-state index contributed by atoms with van der Waals surface area (Å²) in [5.41, 5.74) is 1.31. The van der Waals surface area contributed by atoms with Gasteiger partial charge in [0.15, 0.2) is 5.82 Å². The van der Waals surface area contributed by atoms with Gasteiger partial charge in [-0.05, 0) is 37.1 Å². The fourth-order valence-corrected chi connectivity index (χ4v) is 3.51. The molecule has 2 aromatic heterocycles. The van der Waals surface area contributed by atoms with E-state index in [0.29, 0.717) is 30.8 Å². The van der Waals surface area contributed by atoms with Crippen molar-refractivity contribution in [3.63, 3.8) is 0 Å².